The molecule has 7 nitrogen and oxygen atoms in total. The van der Waals surface area contributed by atoms with Crippen LogP contribution in [0.1, 0.15) is 39.2 Å². The number of aliphatic hydroxyl groups excluding tert-OH is 1. The predicted octanol–water partition coefficient (Wildman–Crippen LogP) is 2.93. The first kappa shape index (κ1) is 20.0. The number of likely N-dealkylation sites (tertiary alicyclic amines) is 1. The smallest absolute Gasteiger partial charge is 0.410 e. The summed E-state index contributed by atoms with van der Waals surface area (Å²) >= 11 is 0. The van der Waals surface area contributed by atoms with Crippen LogP contribution in [0, 0.1) is 0 Å². The van der Waals surface area contributed by atoms with Gasteiger partial charge in [0.05, 0.1) is 18.2 Å². The van der Waals surface area contributed by atoms with Crippen LogP contribution in [-0.4, -0.2) is 63.0 Å². The van der Waals surface area contributed by atoms with Gasteiger partial charge in [-0.1, -0.05) is 30.3 Å². The lowest BCUT2D eigenvalue weighted by Gasteiger charge is -2.44. The molecule has 1 aromatic carbocycles. The molecule has 144 valence electrons. The molecular weight excluding hydrogens is 336 g/mol. The average Bonchev–Trinajstić information content (AvgIpc) is 2.60. The van der Waals surface area contributed by atoms with E-state index in [1.54, 1.807) is 11.8 Å². The van der Waals surface area contributed by atoms with Gasteiger partial charge in [0.1, 0.15) is 6.61 Å². The lowest BCUT2D eigenvalue weighted by Crippen LogP contribution is -2.58. The number of nitrogens with zero attached hydrogens (tertiary/aromatic N) is 2. The summed E-state index contributed by atoms with van der Waals surface area (Å²) in [5, 5.41) is 19.3. The molecule has 0 radical (unpaired) electrons. The quantitative estimate of drug-likeness (QED) is 0.838. The Kier molecular flexibility index (Phi) is 6.85. The Morgan fingerprint density at radius 1 is 1.23 bits per heavy atom. The Bertz CT molecular complexity index is 605. The zero-order valence-electron chi connectivity index (χ0n) is 15.5. The molecule has 1 aliphatic rings. The third kappa shape index (κ3) is 4.88. The molecule has 0 saturated carbocycles. The summed E-state index contributed by atoms with van der Waals surface area (Å²) in [6, 6.07) is 8.58. The first-order chi connectivity index (χ1) is 12.3. The van der Waals surface area contributed by atoms with Gasteiger partial charge in [-0.3, -0.25) is 0 Å². The number of benzene rings is 1. The van der Waals surface area contributed by atoms with Crippen molar-refractivity contribution in [2.45, 2.75) is 64.4 Å². The maximum atomic E-state index is 12.6. The molecule has 7 heteroatoms. The van der Waals surface area contributed by atoms with Crippen molar-refractivity contribution in [3.05, 3.63) is 35.9 Å². The third-order valence-electron chi connectivity index (χ3n) is 4.77. The van der Waals surface area contributed by atoms with Gasteiger partial charge in [-0.15, -0.1) is 0 Å². The molecular formula is C19H28N2O5. The number of carbonyl (C=O) groups is 2. The van der Waals surface area contributed by atoms with Crippen molar-refractivity contribution in [3.8, 4) is 0 Å². The Morgan fingerprint density at radius 3 is 2.42 bits per heavy atom. The number of carboxylic acid groups (broad SMARTS) is 1. The highest BCUT2D eigenvalue weighted by molar-refractivity contribution is 5.69. The number of rotatable bonds is 5. The fourth-order valence-electron chi connectivity index (χ4n) is 3.50. The van der Waals surface area contributed by atoms with Crippen molar-refractivity contribution in [2.75, 3.05) is 6.54 Å². The number of hydrogen-bond acceptors (Lipinski definition) is 4. The molecule has 0 spiro atoms. The molecule has 2 amide bonds. The Hall–Kier alpha value is -2.28. The topological polar surface area (TPSA) is 90.3 Å². The molecule has 2 rings (SSSR count). The average molecular weight is 364 g/mol. The van der Waals surface area contributed by atoms with E-state index in [1.165, 1.54) is 4.90 Å². The Morgan fingerprint density at radius 2 is 1.88 bits per heavy atom. The second kappa shape index (κ2) is 8.89. The van der Waals surface area contributed by atoms with Crippen molar-refractivity contribution in [1.82, 2.24) is 9.80 Å². The second-order valence-corrected chi connectivity index (χ2v) is 7.02. The molecule has 26 heavy (non-hydrogen) atoms. The second-order valence-electron chi connectivity index (χ2n) is 7.02. The fourth-order valence-corrected chi connectivity index (χ4v) is 3.50. The largest absolute Gasteiger partial charge is 0.465 e. The number of hydrogen-bond donors (Lipinski definition) is 2. The zero-order chi connectivity index (χ0) is 19.3. The van der Waals surface area contributed by atoms with E-state index >= 15 is 0 Å². The maximum Gasteiger partial charge on any atom is 0.410 e. The van der Waals surface area contributed by atoms with Crippen molar-refractivity contribution in [2.24, 2.45) is 0 Å². The third-order valence-corrected chi connectivity index (χ3v) is 4.77. The van der Waals surface area contributed by atoms with E-state index < -0.39 is 24.3 Å². The van der Waals surface area contributed by atoms with E-state index in [1.807, 2.05) is 44.2 Å². The number of carbonyl (C=O) groups excluding carboxylic acids is 1. The minimum absolute atomic E-state index is 0.123. The molecule has 1 heterocycles. The molecule has 2 N–H and O–H groups in total. The first-order valence-electron chi connectivity index (χ1n) is 8.98. The molecule has 1 aromatic rings. The minimum atomic E-state index is -1.08. The summed E-state index contributed by atoms with van der Waals surface area (Å²) in [7, 11) is 0. The summed E-state index contributed by atoms with van der Waals surface area (Å²) in [6.45, 7) is 5.71. The normalized spacial score (nSPS) is 21.3. The molecule has 1 aliphatic heterocycles. The lowest BCUT2D eigenvalue weighted by molar-refractivity contribution is -0.00228. The molecule has 3 atom stereocenters. The van der Waals surface area contributed by atoms with Crippen LogP contribution in [0.4, 0.5) is 9.59 Å². The Balaban J connectivity index is 2.06. The highest BCUT2D eigenvalue weighted by atomic mass is 16.6. The van der Waals surface area contributed by atoms with Crippen molar-refractivity contribution in [3.63, 3.8) is 0 Å². The number of amides is 2. The van der Waals surface area contributed by atoms with Gasteiger partial charge in [0, 0.05) is 12.6 Å². The van der Waals surface area contributed by atoms with E-state index in [-0.39, 0.29) is 25.2 Å². The van der Waals surface area contributed by atoms with E-state index in [2.05, 4.69) is 0 Å². The predicted molar refractivity (Wildman–Crippen MR) is 96.8 cm³/mol. The van der Waals surface area contributed by atoms with Gasteiger partial charge in [-0.05, 0) is 39.2 Å². The monoisotopic (exact) mass is 364 g/mol. The van der Waals surface area contributed by atoms with E-state index in [4.69, 9.17) is 4.74 Å². The van der Waals surface area contributed by atoms with Crippen molar-refractivity contribution in [1.29, 1.82) is 0 Å². The molecule has 0 aliphatic carbocycles. The van der Waals surface area contributed by atoms with Crippen molar-refractivity contribution >= 4 is 12.2 Å². The number of ether oxygens (including phenoxy) is 1. The molecule has 1 saturated heterocycles. The maximum absolute atomic E-state index is 12.6. The van der Waals surface area contributed by atoms with Crippen LogP contribution in [0.25, 0.3) is 0 Å². The molecule has 1 fully saturated rings. The zero-order valence-corrected chi connectivity index (χ0v) is 15.5. The van der Waals surface area contributed by atoms with Gasteiger partial charge in [-0.25, -0.2) is 9.59 Å². The van der Waals surface area contributed by atoms with Gasteiger partial charge < -0.3 is 24.7 Å². The van der Waals surface area contributed by atoms with Gasteiger partial charge >= 0.3 is 12.2 Å². The SMILES string of the molecule is CC(O)[C@H]1CC[C@@H](N(C(=O)OCc2ccccc2)C(C)C)CN1C(=O)O. The fraction of sp³-hybridized carbons (Fsp3) is 0.579. The summed E-state index contributed by atoms with van der Waals surface area (Å²) in [4.78, 5) is 27.0. The van der Waals surface area contributed by atoms with E-state index in [9.17, 15) is 19.8 Å². The van der Waals surface area contributed by atoms with Crippen LogP contribution in [0.2, 0.25) is 0 Å². The standard InChI is InChI=1S/C19H28N2O5/c1-13(2)21(19(25)26-12-15-7-5-4-6-8-15)16-9-10-17(14(3)22)20(11-16)18(23)24/h4-8,13-14,16-17,22H,9-12H2,1-3H3,(H,23,24)/t14?,16-,17-/m1/s1. The highest BCUT2D eigenvalue weighted by Gasteiger charge is 2.39. The van der Waals surface area contributed by atoms with E-state index in [0.29, 0.717) is 12.8 Å². The summed E-state index contributed by atoms with van der Waals surface area (Å²) in [5.74, 6) is 0. The van der Waals surface area contributed by atoms with Crippen LogP contribution in [-0.2, 0) is 11.3 Å². The van der Waals surface area contributed by atoms with Crippen molar-refractivity contribution < 1.29 is 24.5 Å². The van der Waals surface area contributed by atoms with Gasteiger partial charge in [0.15, 0.2) is 0 Å². The number of aliphatic hydroxyl groups is 1. The van der Waals surface area contributed by atoms with Crippen LogP contribution in [0.15, 0.2) is 30.3 Å². The van der Waals surface area contributed by atoms with Crippen LogP contribution >= 0.6 is 0 Å². The van der Waals surface area contributed by atoms with Gasteiger partial charge in [0.25, 0.3) is 0 Å². The number of piperidine rings is 1. The van der Waals surface area contributed by atoms with E-state index in [0.717, 1.165) is 5.56 Å². The summed E-state index contributed by atoms with van der Waals surface area (Å²) < 4.78 is 5.45. The molecule has 0 bridgehead atoms. The minimum Gasteiger partial charge on any atom is -0.465 e. The first-order valence-corrected chi connectivity index (χ1v) is 8.98. The van der Waals surface area contributed by atoms with Crippen LogP contribution in [0.5, 0.6) is 0 Å². The van der Waals surface area contributed by atoms with Crippen LogP contribution < -0.4 is 0 Å². The summed E-state index contributed by atoms with van der Waals surface area (Å²) in [6.07, 6.45) is -1.15. The van der Waals surface area contributed by atoms with Gasteiger partial charge in [0.2, 0.25) is 0 Å². The van der Waals surface area contributed by atoms with Gasteiger partial charge in [-0.2, -0.15) is 0 Å². The Labute approximate surface area is 154 Å². The lowest BCUT2D eigenvalue weighted by atomic mass is 9.94. The molecule has 0 aromatic heterocycles. The summed E-state index contributed by atoms with van der Waals surface area (Å²) in [5.41, 5.74) is 0.898. The van der Waals surface area contributed by atoms with Crippen LogP contribution in [0.3, 0.4) is 0 Å². The molecule has 1 unspecified atom stereocenters. The highest BCUT2D eigenvalue weighted by Crippen LogP contribution is 2.25.